The van der Waals surface area contributed by atoms with Crippen LogP contribution in [0.4, 0.5) is 0 Å². The first-order chi connectivity index (χ1) is 7.76. The summed E-state index contributed by atoms with van der Waals surface area (Å²) in [4.78, 5) is 2.57. The van der Waals surface area contributed by atoms with Gasteiger partial charge in [0, 0.05) is 19.6 Å². The monoisotopic (exact) mass is 223 g/mol. The molecule has 0 bridgehead atoms. The Balaban J connectivity index is 2.15. The highest BCUT2D eigenvalue weighted by Gasteiger charge is 2.19. The first kappa shape index (κ1) is 13.5. The quantitative estimate of drug-likeness (QED) is 0.664. The zero-order chi connectivity index (χ0) is 11.8. The lowest BCUT2D eigenvalue weighted by Crippen LogP contribution is -2.39. The maximum atomic E-state index is 5.70. The molecule has 1 heterocycles. The molecule has 0 radical (unpaired) electrons. The van der Waals surface area contributed by atoms with Crippen LogP contribution < -0.4 is 0 Å². The molecule has 92 valence electrons. The van der Waals surface area contributed by atoms with Gasteiger partial charge in [-0.25, -0.2) is 0 Å². The van der Waals surface area contributed by atoms with E-state index in [1.165, 1.54) is 38.9 Å². The second-order valence-corrected chi connectivity index (χ2v) is 4.75. The first-order valence-electron chi connectivity index (χ1n) is 6.49. The fraction of sp³-hybridized carbons (Fsp3) is 0.857. The summed E-state index contributed by atoms with van der Waals surface area (Å²) >= 11 is 0. The van der Waals surface area contributed by atoms with Crippen molar-refractivity contribution in [2.45, 2.75) is 46.1 Å². The Morgan fingerprint density at radius 1 is 1.38 bits per heavy atom. The van der Waals surface area contributed by atoms with Crippen LogP contribution in [0.15, 0.2) is 0 Å². The maximum Gasteiger partial charge on any atom is 0.108 e. The van der Waals surface area contributed by atoms with E-state index in [2.05, 4.69) is 30.6 Å². The van der Waals surface area contributed by atoms with Crippen molar-refractivity contribution in [2.75, 3.05) is 26.2 Å². The van der Waals surface area contributed by atoms with Gasteiger partial charge in [-0.1, -0.05) is 26.2 Å². The minimum absolute atomic E-state index is 0.439. The Morgan fingerprint density at radius 2 is 2.06 bits per heavy atom. The molecule has 0 amide bonds. The molecule has 0 saturated carbocycles. The average molecular weight is 223 g/mol. The third-order valence-electron chi connectivity index (χ3n) is 3.37. The molecule has 0 aromatic heterocycles. The lowest BCUT2D eigenvalue weighted by Gasteiger charge is -2.33. The fourth-order valence-corrected chi connectivity index (χ4v) is 2.06. The molecule has 1 aliphatic heterocycles. The number of rotatable bonds is 5. The molecular weight excluding hydrogens is 198 g/mol. The first-order valence-corrected chi connectivity index (χ1v) is 6.49. The highest BCUT2D eigenvalue weighted by atomic mass is 16.5. The molecular formula is C14H25NO. The predicted octanol–water partition coefficient (Wildman–Crippen LogP) is 2.54. The van der Waals surface area contributed by atoms with E-state index in [1.54, 1.807) is 0 Å². The second kappa shape index (κ2) is 7.70. The van der Waals surface area contributed by atoms with Gasteiger partial charge in [-0.3, -0.25) is 0 Å². The van der Waals surface area contributed by atoms with Gasteiger partial charge >= 0.3 is 0 Å². The van der Waals surface area contributed by atoms with E-state index in [0.29, 0.717) is 12.7 Å². The van der Waals surface area contributed by atoms with Crippen molar-refractivity contribution in [1.82, 2.24) is 4.90 Å². The van der Waals surface area contributed by atoms with Crippen LogP contribution >= 0.6 is 0 Å². The van der Waals surface area contributed by atoms with Gasteiger partial charge in [0.25, 0.3) is 0 Å². The third-order valence-corrected chi connectivity index (χ3v) is 3.37. The van der Waals surface area contributed by atoms with Gasteiger partial charge in [0.1, 0.15) is 6.61 Å². The van der Waals surface area contributed by atoms with Crippen LogP contribution in [0.2, 0.25) is 0 Å². The summed E-state index contributed by atoms with van der Waals surface area (Å²) in [6.07, 6.45) is 4.06. The van der Waals surface area contributed by atoms with E-state index < -0.39 is 0 Å². The largest absolute Gasteiger partial charge is 0.365 e. The molecule has 1 unspecified atom stereocenters. The number of likely N-dealkylation sites (tertiary alicyclic amines) is 1. The standard InChI is InChI=1S/C14H25NO/c1-4-6-11-16-14-7-9-15(10-8-14)12-13(3)5-2/h13-14H,5,7-12H2,1-3H3. The van der Waals surface area contributed by atoms with Crippen molar-refractivity contribution >= 4 is 0 Å². The van der Waals surface area contributed by atoms with Crippen molar-refractivity contribution in [2.24, 2.45) is 5.92 Å². The minimum Gasteiger partial charge on any atom is -0.365 e. The molecule has 0 aromatic rings. The lowest BCUT2D eigenvalue weighted by molar-refractivity contribution is 0.0213. The molecule has 1 saturated heterocycles. The van der Waals surface area contributed by atoms with Crippen LogP contribution in [0.1, 0.15) is 40.0 Å². The fourth-order valence-electron chi connectivity index (χ4n) is 2.06. The van der Waals surface area contributed by atoms with E-state index in [4.69, 9.17) is 4.74 Å². The molecule has 1 aliphatic rings. The van der Waals surface area contributed by atoms with Crippen molar-refractivity contribution in [3.63, 3.8) is 0 Å². The Labute approximate surface area is 100 Å². The number of hydrogen-bond donors (Lipinski definition) is 0. The van der Waals surface area contributed by atoms with Gasteiger partial charge in [-0.15, -0.1) is 5.92 Å². The van der Waals surface area contributed by atoms with Crippen LogP contribution in [-0.2, 0) is 4.74 Å². The van der Waals surface area contributed by atoms with Crippen LogP contribution in [0.5, 0.6) is 0 Å². The Bertz CT molecular complexity index is 233. The van der Waals surface area contributed by atoms with Crippen molar-refractivity contribution < 1.29 is 4.74 Å². The zero-order valence-electron chi connectivity index (χ0n) is 11.0. The van der Waals surface area contributed by atoms with E-state index >= 15 is 0 Å². The summed E-state index contributed by atoms with van der Waals surface area (Å²) in [7, 11) is 0. The van der Waals surface area contributed by atoms with Crippen LogP contribution in [0.25, 0.3) is 0 Å². The van der Waals surface area contributed by atoms with E-state index in [1.807, 2.05) is 6.92 Å². The molecule has 1 atom stereocenters. The summed E-state index contributed by atoms with van der Waals surface area (Å²) in [6, 6.07) is 0. The summed E-state index contributed by atoms with van der Waals surface area (Å²) in [5, 5.41) is 0. The smallest absolute Gasteiger partial charge is 0.108 e. The molecule has 2 heteroatoms. The molecule has 1 fully saturated rings. The number of ether oxygens (including phenoxy) is 1. The minimum atomic E-state index is 0.439. The molecule has 0 aliphatic carbocycles. The SMILES string of the molecule is CC#CCOC1CCN(CC(C)CC)CC1. The second-order valence-electron chi connectivity index (χ2n) is 4.75. The lowest BCUT2D eigenvalue weighted by atomic mass is 10.0. The molecule has 0 N–H and O–H groups in total. The van der Waals surface area contributed by atoms with E-state index in [-0.39, 0.29) is 0 Å². The van der Waals surface area contributed by atoms with Gasteiger partial charge in [0.05, 0.1) is 6.10 Å². The maximum absolute atomic E-state index is 5.70. The Kier molecular flexibility index (Phi) is 6.52. The molecule has 2 nitrogen and oxygen atoms in total. The van der Waals surface area contributed by atoms with Gasteiger partial charge in [0.15, 0.2) is 0 Å². The highest BCUT2D eigenvalue weighted by Crippen LogP contribution is 2.15. The summed E-state index contributed by atoms with van der Waals surface area (Å²) in [6.45, 7) is 10.7. The molecule has 0 aromatic carbocycles. The number of nitrogens with zero attached hydrogens (tertiary/aromatic N) is 1. The van der Waals surface area contributed by atoms with E-state index in [9.17, 15) is 0 Å². The Hall–Kier alpha value is -0.520. The van der Waals surface area contributed by atoms with Crippen LogP contribution in [0.3, 0.4) is 0 Å². The van der Waals surface area contributed by atoms with E-state index in [0.717, 1.165) is 5.92 Å². The zero-order valence-corrected chi connectivity index (χ0v) is 11.0. The number of piperidine rings is 1. The van der Waals surface area contributed by atoms with Gasteiger partial charge < -0.3 is 9.64 Å². The topological polar surface area (TPSA) is 12.5 Å². The normalized spacial score (nSPS) is 20.2. The number of hydrogen-bond acceptors (Lipinski definition) is 2. The molecule has 16 heavy (non-hydrogen) atoms. The Morgan fingerprint density at radius 3 is 2.62 bits per heavy atom. The van der Waals surface area contributed by atoms with Crippen molar-refractivity contribution in [3.8, 4) is 11.8 Å². The van der Waals surface area contributed by atoms with Crippen LogP contribution in [-0.4, -0.2) is 37.2 Å². The summed E-state index contributed by atoms with van der Waals surface area (Å²) in [5.41, 5.74) is 0. The van der Waals surface area contributed by atoms with Gasteiger partial charge in [0.2, 0.25) is 0 Å². The van der Waals surface area contributed by atoms with Gasteiger partial charge in [-0.2, -0.15) is 0 Å². The average Bonchev–Trinajstić information content (AvgIpc) is 2.31. The summed E-state index contributed by atoms with van der Waals surface area (Å²) < 4.78 is 5.70. The van der Waals surface area contributed by atoms with Gasteiger partial charge in [-0.05, 0) is 25.7 Å². The highest BCUT2D eigenvalue weighted by molar-refractivity contribution is 4.95. The van der Waals surface area contributed by atoms with Crippen LogP contribution in [0, 0.1) is 17.8 Å². The van der Waals surface area contributed by atoms with Crippen molar-refractivity contribution in [1.29, 1.82) is 0 Å². The molecule has 0 spiro atoms. The third kappa shape index (κ3) is 5.01. The van der Waals surface area contributed by atoms with Crippen molar-refractivity contribution in [3.05, 3.63) is 0 Å². The predicted molar refractivity (Wildman–Crippen MR) is 68.3 cm³/mol. The summed E-state index contributed by atoms with van der Waals surface area (Å²) in [5.74, 6) is 6.65. The molecule has 1 rings (SSSR count).